The van der Waals surface area contributed by atoms with Gasteiger partial charge in [-0.1, -0.05) is 18.5 Å². The first-order valence-electron chi connectivity index (χ1n) is 5.13. The van der Waals surface area contributed by atoms with E-state index >= 15 is 0 Å². The van der Waals surface area contributed by atoms with Crippen molar-refractivity contribution in [2.45, 2.75) is 13.3 Å². The lowest BCUT2D eigenvalue weighted by molar-refractivity contribution is 0.410. The van der Waals surface area contributed by atoms with Crippen LogP contribution >= 0.6 is 11.6 Å². The Balaban J connectivity index is 2.40. The molecule has 16 heavy (non-hydrogen) atoms. The Hall–Kier alpha value is -1.48. The van der Waals surface area contributed by atoms with Crippen LogP contribution in [-0.4, -0.2) is 16.9 Å². The molecule has 0 radical (unpaired) electrons. The third-order valence-electron chi connectivity index (χ3n) is 2.40. The molecule has 0 fully saturated rings. The highest BCUT2D eigenvalue weighted by Gasteiger charge is 2.08. The Morgan fingerprint density at radius 1 is 1.31 bits per heavy atom. The smallest absolute Gasteiger partial charge is 0.160 e. The molecule has 0 amide bonds. The molecule has 0 unspecified atom stereocenters. The summed E-state index contributed by atoms with van der Waals surface area (Å²) in [6.07, 6.45) is 2.73. The number of halogens is 1. The highest BCUT2D eigenvalue weighted by atomic mass is 35.5. The van der Waals surface area contributed by atoms with Gasteiger partial charge in [0.2, 0.25) is 0 Å². The molecule has 1 aromatic heterocycles. The predicted molar refractivity (Wildman–Crippen MR) is 64.5 cm³/mol. The third kappa shape index (κ3) is 2.04. The third-order valence-corrected chi connectivity index (χ3v) is 2.65. The van der Waals surface area contributed by atoms with Gasteiger partial charge in [0, 0.05) is 5.02 Å². The summed E-state index contributed by atoms with van der Waals surface area (Å²) >= 11 is 5.84. The molecular formula is C12H13ClN2O. The van der Waals surface area contributed by atoms with Gasteiger partial charge in [0.15, 0.2) is 5.75 Å². The standard InChI is InChI=1S/C12H13ClN2O/c1-3-11-12(16-2)8-15(14-11)10-6-4-9(13)5-7-10/h4-8H,3H2,1-2H3. The van der Waals surface area contributed by atoms with Crippen molar-refractivity contribution in [3.63, 3.8) is 0 Å². The van der Waals surface area contributed by atoms with Crippen LogP contribution in [0.15, 0.2) is 30.5 Å². The van der Waals surface area contributed by atoms with Crippen LogP contribution in [0.2, 0.25) is 5.02 Å². The van der Waals surface area contributed by atoms with E-state index in [4.69, 9.17) is 16.3 Å². The van der Waals surface area contributed by atoms with Crippen molar-refractivity contribution >= 4 is 11.6 Å². The first kappa shape index (κ1) is 11.0. The second kappa shape index (κ2) is 4.58. The lowest BCUT2D eigenvalue weighted by Gasteiger charge is -1.99. The molecule has 0 saturated carbocycles. The second-order valence-electron chi connectivity index (χ2n) is 3.42. The quantitative estimate of drug-likeness (QED) is 0.819. The van der Waals surface area contributed by atoms with E-state index in [2.05, 4.69) is 12.0 Å². The van der Waals surface area contributed by atoms with E-state index in [1.165, 1.54) is 0 Å². The molecule has 0 aliphatic heterocycles. The van der Waals surface area contributed by atoms with Crippen LogP contribution in [0.25, 0.3) is 5.69 Å². The van der Waals surface area contributed by atoms with Crippen molar-refractivity contribution in [1.29, 1.82) is 0 Å². The molecule has 0 atom stereocenters. The lowest BCUT2D eigenvalue weighted by atomic mass is 10.3. The molecule has 0 saturated heterocycles. The number of rotatable bonds is 3. The van der Waals surface area contributed by atoms with Crippen molar-refractivity contribution in [1.82, 2.24) is 9.78 Å². The first-order valence-corrected chi connectivity index (χ1v) is 5.51. The van der Waals surface area contributed by atoms with Gasteiger partial charge in [-0.3, -0.25) is 0 Å². The number of benzene rings is 1. The van der Waals surface area contributed by atoms with Crippen molar-refractivity contribution in [2.75, 3.05) is 7.11 Å². The van der Waals surface area contributed by atoms with Gasteiger partial charge >= 0.3 is 0 Å². The normalized spacial score (nSPS) is 10.4. The zero-order chi connectivity index (χ0) is 11.5. The van der Waals surface area contributed by atoms with Crippen LogP contribution in [-0.2, 0) is 6.42 Å². The van der Waals surface area contributed by atoms with E-state index in [9.17, 15) is 0 Å². The molecule has 2 aromatic rings. The van der Waals surface area contributed by atoms with Crippen LogP contribution in [0.1, 0.15) is 12.6 Å². The lowest BCUT2D eigenvalue weighted by Crippen LogP contribution is -1.95. The molecule has 2 rings (SSSR count). The molecule has 1 aromatic carbocycles. The molecule has 3 nitrogen and oxygen atoms in total. The maximum absolute atomic E-state index is 5.84. The van der Waals surface area contributed by atoms with E-state index in [1.807, 2.05) is 30.5 Å². The summed E-state index contributed by atoms with van der Waals surface area (Å²) in [5.74, 6) is 0.817. The fourth-order valence-corrected chi connectivity index (χ4v) is 1.66. The molecule has 0 aliphatic rings. The average molecular weight is 237 g/mol. The Bertz CT molecular complexity index is 455. The molecule has 84 valence electrons. The molecule has 0 bridgehead atoms. The van der Waals surface area contributed by atoms with Crippen molar-refractivity contribution in [2.24, 2.45) is 0 Å². The topological polar surface area (TPSA) is 27.1 Å². The van der Waals surface area contributed by atoms with Gasteiger partial charge < -0.3 is 4.74 Å². The van der Waals surface area contributed by atoms with Crippen LogP contribution in [0, 0.1) is 0 Å². The number of hydrogen-bond donors (Lipinski definition) is 0. The monoisotopic (exact) mass is 236 g/mol. The van der Waals surface area contributed by atoms with Gasteiger partial charge in [0.1, 0.15) is 5.69 Å². The van der Waals surface area contributed by atoms with E-state index in [1.54, 1.807) is 11.8 Å². The molecule has 0 spiro atoms. The summed E-state index contributed by atoms with van der Waals surface area (Å²) in [7, 11) is 1.66. The zero-order valence-corrected chi connectivity index (χ0v) is 10.0. The minimum Gasteiger partial charge on any atom is -0.493 e. The Labute approximate surface area is 99.6 Å². The Morgan fingerprint density at radius 3 is 2.50 bits per heavy atom. The number of methoxy groups -OCH3 is 1. The van der Waals surface area contributed by atoms with Crippen LogP contribution in [0.5, 0.6) is 5.75 Å². The number of nitrogens with zero attached hydrogens (tertiary/aromatic N) is 2. The molecule has 0 aliphatic carbocycles. The van der Waals surface area contributed by atoms with Gasteiger partial charge in [-0.2, -0.15) is 5.10 Å². The summed E-state index contributed by atoms with van der Waals surface area (Å²) in [5, 5.41) is 5.17. The Kier molecular flexibility index (Phi) is 3.15. The van der Waals surface area contributed by atoms with Gasteiger partial charge in [-0.15, -0.1) is 0 Å². The summed E-state index contributed by atoms with van der Waals surface area (Å²) in [6.45, 7) is 2.05. The van der Waals surface area contributed by atoms with E-state index in [-0.39, 0.29) is 0 Å². The highest BCUT2D eigenvalue weighted by molar-refractivity contribution is 6.30. The zero-order valence-electron chi connectivity index (χ0n) is 9.27. The number of hydrogen-bond acceptors (Lipinski definition) is 2. The van der Waals surface area contributed by atoms with E-state index < -0.39 is 0 Å². The Morgan fingerprint density at radius 2 is 2.00 bits per heavy atom. The average Bonchev–Trinajstić information content (AvgIpc) is 2.73. The summed E-state index contributed by atoms with van der Waals surface area (Å²) in [6, 6.07) is 7.54. The van der Waals surface area contributed by atoms with Gasteiger partial charge in [-0.05, 0) is 30.7 Å². The SMILES string of the molecule is CCc1nn(-c2ccc(Cl)cc2)cc1OC. The van der Waals surface area contributed by atoms with Gasteiger partial charge in [0.25, 0.3) is 0 Å². The summed E-state index contributed by atoms with van der Waals surface area (Å²) in [5.41, 5.74) is 1.93. The van der Waals surface area contributed by atoms with Crippen molar-refractivity contribution in [3.05, 3.63) is 41.2 Å². The fraction of sp³-hybridized carbons (Fsp3) is 0.250. The number of aryl methyl sites for hydroxylation is 1. The number of ether oxygens (including phenoxy) is 1. The molecule has 0 N–H and O–H groups in total. The maximum atomic E-state index is 5.84. The molecule has 1 heterocycles. The minimum atomic E-state index is 0.721. The highest BCUT2D eigenvalue weighted by Crippen LogP contribution is 2.20. The van der Waals surface area contributed by atoms with Gasteiger partial charge in [-0.25, -0.2) is 4.68 Å². The van der Waals surface area contributed by atoms with Gasteiger partial charge in [0.05, 0.1) is 19.0 Å². The van der Waals surface area contributed by atoms with Crippen molar-refractivity contribution < 1.29 is 4.74 Å². The number of aromatic nitrogens is 2. The molecule has 4 heteroatoms. The maximum Gasteiger partial charge on any atom is 0.160 e. The predicted octanol–water partition coefficient (Wildman–Crippen LogP) is 3.10. The summed E-state index contributed by atoms with van der Waals surface area (Å²) in [4.78, 5) is 0. The second-order valence-corrected chi connectivity index (χ2v) is 3.86. The van der Waals surface area contributed by atoms with Crippen LogP contribution < -0.4 is 4.74 Å². The molecular weight excluding hydrogens is 224 g/mol. The van der Waals surface area contributed by atoms with E-state index in [0.29, 0.717) is 0 Å². The van der Waals surface area contributed by atoms with Crippen molar-refractivity contribution in [3.8, 4) is 11.4 Å². The first-order chi connectivity index (χ1) is 7.74. The van der Waals surface area contributed by atoms with Crippen LogP contribution in [0.3, 0.4) is 0 Å². The minimum absolute atomic E-state index is 0.721. The fourth-order valence-electron chi connectivity index (χ4n) is 1.54. The van der Waals surface area contributed by atoms with Crippen LogP contribution in [0.4, 0.5) is 0 Å². The summed E-state index contributed by atoms with van der Waals surface area (Å²) < 4.78 is 7.05. The van der Waals surface area contributed by atoms with E-state index in [0.717, 1.165) is 28.6 Å². The largest absolute Gasteiger partial charge is 0.493 e.